The molecule has 0 bridgehead atoms. The number of nitrogens with one attached hydrogen (secondary N) is 1. The van der Waals surface area contributed by atoms with E-state index >= 15 is 0 Å². The molecule has 0 atom stereocenters. The van der Waals surface area contributed by atoms with E-state index < -0.39 is 0 Å². The molecule has 0 aromatic heterocycles. The van der Waals surface area contributed by atoms with Gasteiger partial charge in [0.25, 0.3) is 0 Å². The van der Waals surface area contributed by atoms with Crippen molar-refractivity contribution in [2.75, 3.05) is 7.05 Å². The molecule has 0 aliphatic heterocycles. The Bertz CT molecular complexity index is 581. The Labute approximate surface area is 125 Å². The first-order valence-electron chi connectivity index (χ1n) is 6.81. The van der Waals surface area contributed by atoms with Crippen LogP contribution in [0.1, 0.15) is 30.9 Å². The van der Waals surface area contributed by atoms with Crippen molar-refractivity contribution in [3.05, 3.63) is 58.6 Å². The second kappa shape index (κ2) is 6.78. The summed E-state index contributed by atoms with van der Waals surface area (Å²) in [4.78, 5) is 0. The van der Waals surface area contributed by atoms with Crippen molar-refractivity contribution >= 4 is 11.6 Å². The van der Waals surface area contributed by atoms with Gasteiger partial charge in [-0.3, -0.25) is 0 Å². The van der Waals surface area contributed by atoms with E-state index in [2.05, 4.69) is 31.3 Å². The third-order valence-corrected chi connectivity index (χ3v) is 3.46. The SMILES string of the molecule is CNCc1cccc(Cl)c1Oc1cccc(C(C)C)c1. The van der Waals surface area contributed by atoms with Crippen molar-refractivity contribution in [3.8, 4) is 11.5 Å². The molecule has 0 radical (unpaired) electrons. The van der Waals surface area contributed by atoms with Crippen molar-refractivity contribution < 1.29 is 4.74 Å². The standard InChI is InChI=1S/C17H20ClNO/c1-12(2)13-6-4-8-15(10-13)20-17-14(11-19-3)7-5-9-16(17)18/h4-10,12,19H,11H2,1-3H3. The van der Waals surface area contributed by atoms with Gasteiger partial charge < -0.3 is 10.1 Å². The molecule has 0 heterocycles. The molecule has 0 amide bonds. The van der Waals surface area contributed by atoms with E-state index in [0.29, 0.717) is 10.9 Å². The Morgan fingerprint density at radius 1 is 1.15 bits per heavy atom. The van der Waals surface area contributed by atoms with Gasteiger partial charge >= 0.3 is 0 Å². The van der Waals surface area contributed by atoms with Gasteiger partial charge in [-0.1, -0.05) is 49.7 Å². The Balaban J connectivity index is 2.32. The zero-order chi connectivity index (χ0) is 14.5. The first-order valence-corrected chi connectivity index (χ1v) is 7.19. The summed E-state index contributed by atoms with van der Waals surface area (Å²) in [5.41, 5.74) is 2.31. The summed E-state index contributed by atoms with van der Waals surface area (Å²) < 4.78 is 6.01. The number of ether oxygens (including phenoxy) is 1. The van der Waals surface area contributed by atoms with Crippen LogP contribution in [0.3, 0.4) is 0 Å². The molecule has 0 saturated carbocycles. The zero-order valence-corrected chi connectivity index (χ0v) is 12.9. The third-order valence-electron chi connectivity index (χ3n) is 3.16. The molecule has 2 nitrogen and oxygen atoms in total. The Hall–Kier alpha value is -1.51. The Kier molecular flexibility index (Phi) is 5.05. The number of halogens is 1. The van der Waals surface area contributed by atoms with Crippen LogP contribution in [-0.4, -0.2) is 7.05 Å². The van der Waals surface area contributed by atoms with Crippen LogP contribution in [0, 0.1) is 0 Å². The number of hydrogen-bond acceptors (Lipinski definition) is 2. The highest BCUT2D eigenvalue weighted by atomic mass is 35.5. The molecule has 0 fully saturated rings. The molecule has 0 aliphatic rings. The lowest BCUT2D eigenvalue weighted by Crippen LogP contribution is -2.06. The maximum absolute atomic E-state index is 6.26. The van der Waals surface area contributed by atoms with E-state index in [1.807, 2.05) is 37.4 Å². The van der Waals surface area contributed by atoms with Gasteiger partial charge in [-0.05, 0) is 36.7 Å². The second-order valence-corrected chi connectivity index (χ2v) is 5.49. The van der Waals surface area contributed by atoms with E-state index in [1.165, 1.54) is 5.56 Å². The first kappa shape index (κ1) is 14.9. The Morgan fingerprint density at radius 2 is 1.90 bits per heavy atom. The van der Waals surface area contributed by atoms with Crippen LogP contribution in [0.15, 0.2) is 42.5 Å². The van der Waals surface area contributed by atoms with E-state index in [1.54, 1.807) is 0 Å². The monoisotopic (exact) mass is 289 g/mol. The molecule has 2 aromatic rings. The highest BCUT2D eigenvalue weighted by Crippen LogP contribution is 2.33. The summed E-state index contributed by atoms with van der Waals surface area (Å²) in [5, 5.41) is 3.76. The van der Waals surface area contributed by atoms with E-state index in [-0.39, 0.29) is 0 Å². The highest BCUT2D eigenvalue weighted by molar-refractivity contribution is 6.32. The molecule has 1 N–H and O–H groups in total. The van der Waals surface area contributed by atoms with Crippen LogP contribution in [0.5, 0.6) is 11.5 Å². The highest BCUT2D eigenvalue weighted by Gasteiger charge is 2.10. The van der Waals surface area contributed by atoms with Crippen molar-refractivity contribution in [3.63, 3.8) is 0 Å². The summed E-state index contributed by atoms with van der Waals surface area (Å²) in [6, 6.07) is 14.0. The molecule has 2 aromatic carbocycles. The maximum Gasteiger partial charge on any atom is 0.150 e. The lowest BCUT2D eigenvalue weighted by Gasteiger charge is -2.14. The molecule has 0 spiro atoms. The van der Waals surface area contributed by atoms with Crippen LogP contribution >= 0.6 is 11.6 Å². The maximum atomic E-state index is 6.26. The van der Waals surface area contributed by atoms with Gasteiger partial charge in [0, 0.05) is 12.1 Å². The van der Waals surface area contributed by atoms with E-state index in [9.17, 15) is 0 Å². The summed E-state index contributed by atoms with van der Waals surface area (Å²) >= 11 is 6.26. The van der Waals surface area contributed by atoms with Gasteiger partial charge in [-0.2, -0.15) is 0 Å². The van der Waals surface area contributed by atoms with E-state index in [0.717, 1.165) is 23.6 Å². The second-order valence-electron chi connectivity index (χ2n) is 5.09. The smallest absolute Gasteiger partial charge is 0.150 e. The fraction of sp³-hybridized carbons (Fsp3) is 0.294. The van der Waals surface area contributed by atoms with E-state index in [4.69, 9.17) is 16.3 Å². The predicted molar refractivity (Wildman–Crippen MR) is 84.8 cm³/mol. The molecule has 0 aliphatic carbocycles. The zero-order valence-electron chi connectivity index (χ0n) is 12.1. The predicted octanol–water partition coefficient (Wildman–Crippen LogP) is 4.98. The fourth-order valence-corrected chi connectivity index (χ4v) is 2.29. The van der Waals surface area contributed by atoms with Crippen LogP contribution in [0.2, 0.25) is 5.02 Å². The molecule has 0 saturated heterocycles. The lowest BCUT2D eigenvalue weighted by atomic mass is 10.0. The average molecular weight is 290 g/mol. The van der Waals surface area contributed by atoms with Crippen LogP contribution < -0.4 is 10.1 Å². The fourth-order valence-electron chi connectivity index (χ4n) is 2.05. The van der Waals surface area contributed by atoms with Gasteiger partial charge in [-0.15, -0.1) is 0 Å². The molecular weight excluding hydrogens is 270 g/mol. The van der Waals surface area contributed by atoms with Crippen molar-refractivity contribution in [2.24, 2.45) is 0 Å². The van der Waals surface area contributed by atoms with Crippen molar-refractivity contribution in [1.82, 2.24) is 5.32 Å². The Morgan fingerprint density at radius 3 is 2.60 bits per heavy atom. The number of rotatable bonds is 5. The van der Waals surface area contributed by atoms with Crippen LogP contribution in [0.25, 0.3) is 0 Å². The molecule has 3 heteroatoms. The third kappa shape index (κ3) is 3.53. The minimum absolute atomic E-state index is 0.474. The molecular formula is C17H20ClNO. The minimum Gasteiger partial charge on any atom is -0.455 e. The van der Waals surface area contributed by atoms with Gasteiger partial charge in [0.05, 0.1) is 5.02 Å². The molecule has 0 unspecified atom stereocenters. The molecule has 2 rings (SSSR count). The van der Waals surface area contributed by atoms with Crippen molar-refractivity contribution in [1.29, 1.82) is 0 Å². The summed E-state index contributed by atoms with van der Waals surface area (Å²) in [6.45, 7) is 5.06. The number of hydrogen-bond donors (Lipinski definition) is 1. The first-order chi connectivity index (χ1) is 9.61. The molecule has 20 heavy (non-hydrogen) atoms. The summed E-state index contributed by atoms with van der Waals surface area (Å²) in [6.07, 6.45) is 0. The van der Waals surface area contributed by atoms with Crippen molar-refractivity contribution in [2.45, 2.75) is 26.3 Å². The van der Waals surface area contributed by atoms with Gasteiger partial charge in [0.15, 0.2) is 0 Å². The van der Waals surface area contributed by atoms with Crippen LogP contribution in [-0.2, 0) is 6.54 Å². The number of benzene rings is 2. The lowest BCUT2D eigenvalue weighted by molar-refractivity contribution is 0.473. The molecule has 106 valence electrons. The van der Waals surface area contributed by atoms with Gasteiger partial charge in [0.2, 0.25) is 0 Å². The van der Waals surface area contributed by atoms with Gasteiger partial charge in [0.1, 0.15) is 11.5 Å². The largest absolute Gasteiger partial charge is 0.455 e. The normalized spacial score (nSPS) is 10.8. The topological polar surface area (TPSA) is 21.3 Å². The van der Waals surface area contributed by atoms with Crippen LogP contribution in [0.4, 0.5) is 0 Å². The minimum atomic E-state index is 0.474. The average Bonchev–Trinajstić information content (AvgIpc) is 2.43. The summed E-state index contributed by atoms with van der Waals surface area (Å²) in [5.74, 6) is 2.02. The van der Waals surface area contributed by atoms with Gasteiger partial charge in [-0.25, -0.2) is 0 Å². The quantitative estimate of drug-likeness (QED) is 0.838. The number of para-hydroxylation sites is 1. The summed E-state index contributed by atoms with van der Waals surface area (Å²) in [7, 11) is 1.91.